The molecule has 1 radical (unpaired) electrons. The van der Waals surface area contributed by atoms with Crippen LogP contribution in [0.2, 0.25) is 0 Å². The summed E-state index contributed by atoms with van der Waals surface area (Å²) in [6, 6.07) is 0. The molecule has 0 aromatic heterocycles. The van der Waals surface area contributed by atoms with E-state index in [1.165, 1.54) is 16.7 Å². The molecule has 0 saturated heterocycles. The largest absolute Gasteiger partial charge is 3.00 e. The zero-order chi connectivity index (χ0) is 15.0. The molecule has 23 heavy (non-hydrogen) atoms. The first kappa shape index (κ1) is 27.7. The van der Waals surface area contributed by atoms with Crippen molar-refractivity contribution < 1.29 is 26.2 Å². The van der Waals surface area contributed by atoms with Gasteiger partial charge in [-0.25, -0.2) is 29.9 Å². The third-order valence-electron chi connectivity index (χ3n) is 3.73. The molecule has 0 atom stereocenters. The Hall–Kier alpha value is -0.0969. The minimum absolute atomic E-state index is 0. The summed E-state index contributed by atoms with van der Waals surface area (Å²) in [6.07, 6.45) is 23.4. The zero-order valence-corrected chi connectivity index (χ0v) is 18.8. The standard InChI is InChI=1S/C10H15.2C5H5.2ClH.Zr/c1-7-6-10(4,5)9(3)8(7)2;2*1-2-4-5-3-1;;;/h1-5H3;2*1-3H,4H2;2*1H;/q3*-1;;;+3. The van der Waals surface area contributed by atoms with Crippen molar-refractivity contribution in [2.75, 3.05) is 0 Å². The van der Waals surface area contributed by atoms with E-state index >= 15 is 0 Å². The van der Waals surface area contributed by atoms with E-state index in [1.807, 2.05) is 24.3 Å². The summed E-state index contributed by atoms with van der Waals surface area (Å²) in [4.78, 5) is 0. The van der Waals surface area contributed by atoms with Gasteiger partial charge < -0.3 is 0 Å². The second kappa shape index (κ2) is 14.3. The van der Waals surface area contributed by atoms with Crippen molar-refractivity contribution in [3.63, 3.8) is 0 Å². The quantitative estimate of drug-likeness (QED) is 0.382. The number of hydrogen-bond donors (Lipinski definition) is 0. The maximum atomic E-state index is 3.44. The molecule has 125 valence electrons. The predicted octanol–water partition coefficient (Wildman–Crippen LogP) is 6.56. The van der Waals surface area contributed by atoms with E-state index in [2.05, 4.69) is 65.0 Å². The van der Waals surface area contributed by atoms with Gasteiger partial charge in [0, 0.05) is 0 Å². The molecule has 0 aliphatic heterocycles. The van der Waals surface area contributed by atoms with Gasteiger partial charge in [-0.2, -0.15) is 23.3 Å². The van der Waals surface area contributed by atoms with E-state index in [1.54, 1.807) is 0 Å². The molecule has 0 aromatic carbocycles. The third kappa shape index (κ3) is 10.4. The van der Waals surface area contributed by atoms with Gasteiger partial charge in [-0.3, -0.25) is 18.2 Å². The first-order chi connectivity index (χ1) is 9.45. The monoisotopic (exact) mass is 427 g/mol. The van der Waals surface area contributed by atoms with Crippen LogP contribution in [0.1, 0.15) is 47.5 Å². The molecule has 0 N–H and O–H groups in total. The molecule has 0 spiro atoms. The van der Waals surface area contributed by atoms with Gasteiger partial charge in [-0.1, -0.05) is 33.1 Å². The first-order valence-electron chi connectivity index (χ1n) is 7.18. The minimum atomic E-state index is 0. The van der Waals surface area contributed by atoms with E-state index in [9.17, 15) is 0 Å². The Morgan fingerprint density at radius 1 is 0.870 bits per heavy atom. The van der Waals surface area contributed by atoms with E-state index in [0.29, 0.717) is 0 Å². The second-order valence-corrected chi connectivity index (χ2v) is 5.63. The van der Waals surface area contributed by atoms with Crippen LogP contribution in [0.5, 0.6) is 0 Å². The topological polar surface area (TPSA) is 0 Å². The Balaban J connectivity index is -0.000000265. The molecule has 0 unspecified atom stereocenters. The average molecular weight is 430 g/mol. The van der Waals surface area contributed by atoms with Crippen LogP contribution >= 0.6 is 24.8 Å². The molecule has 3 rings (SSSR count). The Morgan fingerprint density at radius 3 is 1.39 bits per heavy atom. The Bertz CT molecular complexity index is 462. The van der Waals surface area contributed by atoms with Crippen LogP contribution in [-0.2, 0) is 26.2 Å². The van der Waals surface area contributed by atoms with Gasteiger partial charge in [0.25, 0.3) is 0 Å². The van der Waals surface area contributed by atoms with Gasteiger partial charge in [0.15, 0.2) is 0 Å². The van der Waals surface area contributed by atoms with Gasteiger partial charge >= 0.3 is 26.2 Å². The van der Waals surface area contributed by atoms with Crippen molar-refractivity contribution in [3.8, 4) is 0 Å². The summed E-state index contributed by atoms with van der Waals surface area (Å²) < 4.78 is 0. The average Bonchev–Trinajstić information content (AvgIpc) is 3.14. The molecule has 0 bridgehead atoms. The van der Waals surface area contributed by atoms with Crippen LogP contribution in [-0.4, -0.2) is 0 Å². The number of hydrogen-bond acceptors (Lipinski definition) is 0. The summed E-state index contributed by atoms with van der Waals surface area (Å²) in [5, 5.41) is 0. The van der Waals surface area contributed by atoms with Crippen molar-refractivity contribution in [3.05, 3.63) is 71.4 Å². The van der Waals surface area contributed by atoms with Crippen molar-refractivity contribution in [2.24, 2.45) is 5.41 Å². The molecule has 0 heterocycles. The zero-order valence-electron chi connectivity index (χ0n) is 14.7. The van der Waals surface area contributed by atoms with Crippen LogP contribution in [0, 0.1) is 23.6 Å². The SMILES string of the molecule is CC1=[C-]C(C)(C)C(C)=C1C.Cl.Cl.[C-]1=CC=CC1.[C-]1=CC=CC1.[Zr+3]. The smallest absolute Gasteiger partial charge is 0.273 e. The number of halogens is 2. The Morgan fingerprint density at radius 2 is 1.30 bits per heavy atom. The van der Waals surface area contributed by atoms with Crippen LogP contribution in [0.25, 0.3) is 0 Å². The van der Waals surface area contributed by atoms with Crippen molar-refractivity contribution in [1.82, 2.24) is 0 Å². The van der Waals surface area contributed by atoms with E-state index in [4.69, 9.17) is 0 Å². The van der Waals surface area contributed by atoms with Crippen LogP contribution in [0.4, 0.5) is 0 Å². The molecule has 0 amide bonds. The molecule has 3 heteroatoms. The number of allylic oxidation sites excluding steroid dienone is 12. The molecule has 0 aromatic rings. The van der Waals surface area contributed by atoms with Gasteiger partial charge in [0.2, 0.25) is 0 Å². The van der Waals surface area contributed by atoms with E-state index in [-0.39, 0.29) is 56.4 Å². The van der Waals surface area contributed by atoms with Crippen molar-refractivity contribution in [2.45, 2.75) is 47.5 Å². The summed E-state index contributed by atoms with van der Waals surface area (Å²) in [7, 11) is 0. The van der Waals surface area contributed by atoms with Crippen molar-refractivity contribution >= 4 is 24.8 Å². The van der Waals surface area contributed by atoms with E-state index in [0.717, 1.165) is 12.8 Å². The normalized spacial score (nSPS) is 17.9. The fourth-order valence-electron chi connectivity index (χ4n) is 2.09. The molecule has 3 aliphatic carbocycles. The fourth-order valence-corrected chi connectivity index (χ4v) is 2.09. The summed E-state index contributed by atoms with van der Waals surface area (Å²) in [5.41, 5.74) is 4.39. The molecular weight excluding hydrogens is 402 g/mol. The van der Waals surface area contributed by atoms with Crippen LogP contribution in [0.15, 0.2) is 53.2 Å². The van der Waals surface area contributed by atoms with Gasteiger partial charge in [-0.15, -0.1) is 44.6 Å². The van der Waals surface area contributed by atoms with Crippen LogP contribution < -0.4 is 0 Å². The number of rotatable bonds is 0. The van der Waals surface area contributed by atoms with E-state index < -0.39 is 0 Å². The van der Waals surface area contributed by atoms with Gasteiger partial charge in [-0.05, 0) is 0 Å². The summed E-state index contributed by atoms with van der Waals surface area (Å²) in [5.74, 6) is 0. The van der Waals surface area contributed by atoms with Gasteiger partial charge in [0.05, 0.1) is 0 Å². The second-order valence-electron chi connectivity index (χ2n) is 5.63. The fraction of sp³-hybridized carbons (Fsp3) is 0.400. The third-order valence-corrected chi connectivity index (χ3v) is 3.73. The molecule has 3 aliphatic rings. The summed E-state index contributed by atoms with van der Waals surface area (Å²) in [6.45, 7) is 10.9. The summed E-state index contributed by atoms with van der Waals surface area (Å²) >= 11 is 0. The first-order valence-corrected chi connectivity index (χ1v) is 7.18. The predicted molar refractivity (Wildman–Crippen MR) is 102 cm³/mol. The minimum Gasteiger partial charge on any atom is -0.273 e. The maximum Gasteiger partial charge on any atom is 3.00 e. The molecule has 0 fully saturated rings. The van der Waals surface area contributed by atoms with Gasteiger partial charge in [0.1, 0.15) is 0 Å². The Labute approximate surface area is 174 Å². The van der Waals surface area contributed by atoms with Crippen LogP contribution in [0.3, 0.4) is 0 Å². The molecule has 0 saturated carbocycles. The Kier molecular flexibility index (Phi) is 17.2. The molecular formula is C20H27Cl2Zr. The maximum absolute atomic E-state index is 3.44. The molecule has 0 nitrogen and oxygen atoms in total. The van der Waals surface area contributed by atoms with Crippen molar-refractivity contribution in [1.29, 1.82) is 0 Å².